The molecule has 16 heavy (non-hydrogen) atoms. The van der Waals surface area contributed by atoms with Crippen LogP contribution in [0.25, 0.3) is 0 Å². The summed E-state index contributed by atoms with van der Waals surface area (Å²) in [5.41, 5.74) is 0.462. The van der Waals surface area contributed by atoms with Crippen molar-refractivity contribution in [2.24, 2.45) is 5.92 Å². The van der Waals surface area contributed by atoms with Gasteiger partial charge in [-0.15, -0.1) is 0 Å². The summed E-state index contributed by atoms with van der Waals surface area (Å²) in [5, 5.41) is 3.06. The number of hydrogen-bond acceptors (Lipinski definition) is 2. The second-order valence-electron chi connectivity index (χ2n) is 3.81. The van der Waals surface area contributed by atoms with Crippen LogP contribution < -0.4 is 5.32 Å². The first-order chi connectivity index (χ1) is 7.50. The van der Waals surface area contributed by atoms with Crippen LogP contribution in [0.3, 0.4) is 0 Å². The molecule has 0 atom stereocenters. The third-order valence-corrected chi connectivity index (χ3v) is 2.39. The molecule has 0 radical (unpaired) electrons. The Morgan fingerprint density at radius 3 is 2.62 bits per heavy atom. The minimum atomic E-state index is -0.281. The van der Waals surface area contributed by atoms with Gasteiger partial charge >= 0.3 is 0 Å². The lowest BCUT2D eigenvalue weighted by Crippen LogP contribution is -2.31. The fourth-order valence-electron chi connectivity index (χ4n) is 1.10. The van der Waals surface area contributed by atoms with E-state index in [4.69, 9.17) is 11.6 Å². The van der Waals surface area contributed by atoms with Crippen LogP contribution in [-0.2, 0) is 4.79 Å². The molecule has 0 heterocycles. The van der Waals surface area contributed by atoms with Crippen molar-refractivity contribution in [3.05, 3.63) is 34.9 Å². The number of benzene rings is 1. The van der Waals surface area contributed by atoms with Crippen LogP contribution >= 0.6 is 11.6 Å². The molecule has 1 aromatic rings. The Labute approximate surface area is 99.8 Å². The number of halogens is 1. The summed E-state index contributed by atoms with van der Waals surface area (Å²) in [5.74, 6) is -0.341. The van der Waals surface area contributed by atoms with Crippen LogP contribution in [-0.4, -0.2) is 18.2 Å². The minimum absolute atomic E-state index is 0.00961. The number of rotatable bonds is 4. The Hall–Kier alpha value is -1.35. The normalized spacial score (nSPS) is 10.2. The van der Waals surface area contributed by atoms with E-state index in [9.17, 15) is 9.59 Å². The van der Waals surface area contributed by atoms with Crippen molar-refractivity contribution in [2.75, 3.05) is 6.54 Å². The van der Waals surface area contributed by atoms with Crippen molar-refractivity contribution < 1.29 is 9.59 Å². The fourth-order valence-corrected chi connectivity index (χ4v) is 1.29. The molecule has 0 fully saturated rings. The Morgan fingerprint density at radius 2 is 2.06 bits per heavy atom. The molecule has 0 aliphatic rings. The van der Waals surface area contributed by atoms with E-state index in [-0.39, 0.29) is 24.2 Å². The molecule has 1 aromatic carbocycles. The first-order valence-electron chi connectivity index (χ1n) is 5.07. The lowest BCUT2D eigenvalue weighted by Gasteiger charge is -2.06. The smallest absolute Gasteiger partial charge is 0.251 e. The van der Waals surface area contributed by atoms with Crippen molar-refractivity contribution in [1.29, 1.82) is 0 Å². The number of carbonyl (C=O) groups is 2. The Bertz CT molecular complexity index is 402. The van der Waals surface area contributed by atoms with Gasteiger partial charge in [-0.2, -0.15) is 0 Å². The zero-order chi connectivity index (χ0) is 12.1. The quantitative estimate of drug-likeness (QED) is 0.876. The maximum absolute atomic E-state index is 11.6. The highest BCUT2D eigenvalue weighted by molar-refractivity contribution is 6.30. The Morgan fingerprint density at radius 1 is 1.38 bits per heavy atom. The van der Waals surface area contributed by atoms with Crippen molar-refractivity contribution in [2.45, 2.75) is 13.8 Å². The molecule has 1 rings (SSSR count). The van der Waals surface area contributed by atoms with E-state index in [1.54, 1.807) is 38.1 Å². The molecular weight excluding hydrogens is 226 g/mol. The lowest BCUT2D eigenvalue weighted by atomic mass is 10.1. The van der Waals surface area contributed by atoms with Crippen molar-refractivity contribution in [3.63, 3.8) is 0 Å². The van der Waals surface area contributed by atoms with Gasteiger partial charge in [-0.3, -0.25) is 9.59 Å². The SMILES string of the molecule is CC(C)C(=O)CNC(=O)c1cccc(Cl)c1. The summed E-state index contributed by atoms with van der Waals surface area (Å²) in [6.07, 6.45) is 0. The molecule has 0 saturated heterocycles. The van der Waals surface area contributed by atoms with Crippen LogP contribution in [0.5, 0.6) is 0 Å². The average molecular weight is 240 g/mol. The zero-order valence-electron chi connectivity index (χ0n) is 9.29. The minimum Gasteiger partial charge on any atom is -0.345 e. The highest BCUT2D eigenvalue weighted by Gasteiger charge is 2.10. The molecule has 3 nitrogen and oxygen atoms in total. The van der Waals surface area contributed by atoms with E-state index in [1.807, 2.05) is 0 Å². The van der Waals surface area contributed by atoms with Gasteiger partial charge in [0.05, 0.1) is 6.54 Å². The molecule has 0 spiro atoms. The summed E-state index contributed by atoms with van der Waals surface area (Å²) in [6.45, 7) is 3.66. The summed E-state index contributed by atoms with van der Waals surface area (Å²) in [6, 6.07) is 6.61. The molecule has 86 valence electrons. The first-order valence-corrected chi connectivity index (χ1v) is 5.45. The first kappa shape index (κ1) is 12.7. The molecule has 0 aliphatic carbocycles. The van der Waals surface area contributed by atoms with Crippen LogP contribution in [0.4, 0.5) is 0 Å². The third-order valence-electron chi connectivity index (χ3n) is 2.15. The fraction of sp³-hybridized carbons (Fsp3) is 0.333. The molecule has 0 bridgehead atoms. The van der Waals surface area contributed by atoms with Crippen LogP contribution in [0.1, 0.15) is 24.2 Å². The van der Waals surface area contributed by atoms with Crippen molar-refractivity contribution in [1.82, 2.24) is 5.32 Å². The summed E-state index contributed by atoms with van der Waals surface area (Å²) >= 11 is 5.76. The molecule has 0 aromatic heterocycles. The van der Waals surface area contributed by atoms with Gasteiger partial charge in [-0.1, -0.05) is 31.5 Å². The second kappa shape index (κ2) is 5.66. The van der Waals surface area contributed by atoms with E-state index in [0.29, 0.717) is 10.6 Å². The predicted octanol–water partition coefficient (Wildman–Crippen LogP) is 2.29. The van der Waals surface area contributed by atoms with E-state index in [2.05, 4.69) is 5.32 Å². The highest BCUT2D eigenvalue weighted by Crippen LogP contribution is 2.10. The third kappa shape index (κ3) is 3.66. The number of hydrogen-bond donors (Lipinski definition) is 1. The van der Waals surface area contributed by atoms with Gasteiger partial charge in [-0.05, 0) is 18.2 Å². The average Bonchev–Trinajstić information content (AvgIpc) is 2.25. The number of carbonyl (C=O) groups excluding carboxylic acids is 2. The van der Waals surface area contributed by atoms with Gasteiger partial charge < -0.3 is 5.32 Å². The highest BCUT2D eigenvalue weighted by atomic mass is 35.5. The molecule has 0 unspecified atom stereocenters. The molecule has 1 N–H and O–H groups in total. The maximum atomic E-state index is 11.6. The number of Topliss-reactive ketones (excluding diaryl/α,β-unsaturated/α-hetero) is 1. The predicted molar refractivity (Wildman–Crippen MR) is 63.6 cm³/mol. The van der Waals surface area contributed by atoms with Crippen molar-refractivity contribution in [3.8, 4) is 0 Å². The number of ketones is 1. The monoisotopic (exact) mass is 239 g/mol. The van der Waals surface area contributed by atoms with E-state index < -0.39 is 0 Å². The molecule has 0 saturated carbocycles. The summed E-state index contributed by atoms with van der Waals surface area (Å²) in [7, 11) is 0. The van der Waals surface area contributed by atoms with E-state index >= 15 is 0 Å². The van der Waals surface area contributed by atoms with E-state index in [0.717, 1.165) is 0 Å². The van der Waals surface area contributed by atoms with E-state index in [1.165, 1.54) is 0 Å². The summed E-state index contributed by atoms with van der Waals surface area (Å²) < 4.78 is 0. The van der Waals surface area contributed by atoms with Crippen molar-refractivity contribution >= 4 is 23.3 Å². The molecule has 0 aliphatic heterocycles. The van der Waals surface area contributed by atoms with Crippen LogP contribution in [0.15, 0.2) is 24.3 Å². The Kier molecular flexibility index (Phi) is 4.50. The van der Waals surface area contributed by atoms with Gasteiger partial charge in [0.2, 0.25) is 0 Å². The lowest BCUT2D eigenvalue weighted by molar-refractivity contribution is -0.120. The second-order valence-corrected chi connectivity index (χ2v) is 4.25. The number of nitrogens with one attached hydrogen (secondary N) is 1. The van der Waals surface area contributed by atoms with Gasteiger partial charge in [0, 0.05) is 16.5 Å². The number of amides is 1. The van der Waals surface area contributed by atoms with Gasteiger partial charge in [0.15, 0.2) is 5.78 Å². The van der Waals surface area contributed by atoms with Gasteiger partial charge in [0.25, 0.3) is 5.91 Å². The largest absolute Gasteiger partial charge is 0.345 e. The van der Waals surface area contributed by atoms with Crippen LogP contribution in [0, 0.1) is 5.92 Å². The Balaban J connectivity index is 2.57. The maximum Gasteiger partial charge on any atom is 0.251 e. The summed E-state index contributed by atoms with van der Waals surface area (Å²) in [4.78, 5) is 22.9. The molecule has 4 heteroatoms. The topological polar surface area (TPSA) is 46.2 Å². The molecular formula is C12H14ClNO2. The van der Waals surface area contributed by atoms with Gasteiger partial charge in [-0.25, -0.2) is 0 Å². The molecule has 1 amide bonds. The van der Waals surface area contributed by atoms with Gasteiger partial charge in [0.1, 0.15) is 0 Å². The standard InChI is InChI=1S/C12H14ClNO2/c1-8(2)11(15)7-14-12(16)9-4-3-5-10(13)6-9/h3-6,8H,7H2,1-2H3,(H,14,16). The zero-order valence-corrected chi connectivity index (χ0v) is 10.0. The van der Waals surface area contributed by atoms with Crippen LogP contribution in [0.2, 0.25) is 5.02 Å².